The van der Waals surface area contributed by atoms with E-state index >= 15 is 0 Å². The van der Waals surface area contributed by atoms with Crippen LogP contribution in [0, 0.1) is 33.5 Å². The van der Waals surface area contributed by atoms with E-state index in [1.54, 1.807) is 0 Å². The van der Waals surface area contributed by atoms with Crippen LogP contribution >= 0.6 is 0 Å². The summed E-state index contributed by atoms with van der Waals surface area (Å²) in [6, 6.07) is 0. The molecule has 0 bridgehead atoms. The van der Waals surface area contributed by atoms with Crippen molar-refractivity contribution < 1.29 is 39.4 Å². The molecule has 1 spiro atoms. The van der Waals surface area contributed by atoms with Gasteiger partial charge < -0.3 is 34.6 Å². The number of fused-ring (bicyclic) bond motifs is 4. The number of aliphatic hydroxyl groups is 4. The summed E-state index contributed by atoms with van der Waals surface area (Å²) in [5.74, 6) is 0.301. The summed E-state index contributed by atoms with van der Waals surface area (Å²) in [7, 11) is 0. The van der Waals surface area contributed by atoms with E-state index in [9.17, 15) is 25.2 Å². The van der Waals surface area contributed by atoms with Crippen LogP contribution in [0.1, 0.15) is 93.4 Å². The minimum atomic E-state index is -1.31. The molecule has 2 heterocycles. The predicted octanol–water partition coefficient (Wildman–Crippen LogP) is 4.35. The van der Waals surface area contributed by atoms with Crippen molar-refractivity contribution in [2.24, 2.45) is 33.5 Å². The Bertz CT molecular complexity index is 1250. The predicted molar refractivity (Wildman–Crippen MR) is 160 cm³/mol. The van der Waals surface area contributed by atoms with E-state index in [1.165, 1.54) is 5.57 Å². The lowest BCUT2D eigenvalue weighted by Crippen LogP contribution is -2.63. The Kier molecular flexibility index (Phi) is 7.29. The number of ether oxygens (including phenoxy) is 3. The first kappa shape index (κ1) is 31.4. The smallest absolute Gasteiger partial charge is 0.317 e. The number of carbonyl (C=O) groups is 1. The van der Waals surface area contributed by atoms with Gasteiger partial charge in [-0.25, -0.2) is 0 Å². The van der Waals surface area contributed by atoms with E-state index in [4.69, 9.17) is 14.2 Å². The number of hydrogen-bond acceptors (Lipinski definition) is 8. The van der Waals surface area contributed by atoms with Gasteiger partial charge >= 0.3 is 5.97 Å². The summed E-state index contributed by atoms with van der Waals surface area (Å²) >= 11 is 0. The monoisotopic (exact) mass is 600 g/mol. The van der Waals surface area contributed by atoms with Gasteiger partial charge in [0, 0.05) is 5.41 Å². The topological polar surface area (TPSA) is 126 Å². The summed E-state index contributed by atoms with van der Waals surface area (Å²) in [5, 5.41) is 43.2. The van der Waals surface area contributed by atoms with E-state index in [1.807, 2.05) is 39.0 Å². The Morgan fingerprint density at radius 1 is 1.00 bits per heavy atom. The molecule has 43 heavy (non-hydrogen) atoms. The number of hydrogen-bond donors (Lipinski definition) is 4. The molecular weight excluding hydrogens is 548 g/mol. The van der Waals surface area contributed by atoms with E-state index in [-0.39, 0.29) is 41.3 Å². The van der Waals surface area contributed by atoms with Crippen LogP contribution in [0.5, 0.6) is 0 Å². The molecule has 8 nitrogen and oxygen atoms in total. The fourth-order valence-corrected chi connectivity index (χ4v) is 10.9. The number of esters is 1. The molecule has 0 aromatic heterocycles. The Balaban J connectivity index is 1.30. The molecule has 5 fully saturated rings. The van der Waals surface area contributed by atoms with Gasteiger partial charge in [-0.3, -0.25) is 4.79 Å². The molecule has 3 saturated carbocycles. The van der Waals surface area contributed by atoms with Crippen molar-refractivity contribution in [3.8, 4) is 0 Å². The zero-order chi connectivity index (χ0) is 31.4. The largest absolute Gasteiger partial charge is 0.451 e. The quantitative estimate of drug-likeness (QED) is 0.213. The Morgan fingerprint density at radius 3 is 2.42 bits per heavy atom. The fraction of sp³-hybridized carbons (Fsp3) is 0.800. The lowest BCUT2D eigenvalue weighted by molar-refractivity contribution is -0.303. The molecule has 4 N–H and O–H groups in total. The van der Waals surface area contributed by atoms with Crippen LogP contribution < -0.4 is 0 Å². The van der Waals surface area contributed by atoms with Gasteiger partial charge in [0.1, 0.15) is 29.3 Å². The fourth-order valence-electron chi connectivity index (χ4n) is 10.9. The summed E-state index contributed by atoms with van der Waals surface area (Å²) in [6.45, 7) is 14.9. The second-order valence-electron chi connectivity index (χ2n) is 16.0. The molecule has 6 aliphatic rings. The first-order valence-electron chi connectivity index (χ1n) is 16.3. The van der Waals surface area contributed by atoms with Crippen molar-refractivity contribution >= 4 is 5.97 Å². The maximum atomic E-state index is 14.0. The van der Waals surface area contributed by atoms with Gasteiger partial charge in [-0.2, -0.15) is 0 Å². The Labute approximate surface area is 256 Å². The van der Waals surface area contributed by atoms with Crippen molar-refractivity contribution in [3.63, 3.8) is 0 Å². The number of aliphatic hydroxyl groups excluding tert-OH is 3. The lowest BCUT2D eigenvalue weighted by atomic mass is 9.40. The first-order chi connectivity index (χ1) is 20.0. The molecule has 0 amide bonds. The molecule has 0 aromatic rings. The average Bonchev–Trinajstić information content (AvgIpc) is 3.28. The van der Waals surface area contributed by atoms with Crippen molar-refractivity contribution in [2.45, 2.75) is 135 Å². The molecule has 8 heteroatoms. The Hall–Kier alpha value is -1.55. The molecular formula is C35H52O8. The van der Waals surface area contributed by atoms with Gasteiger partial charge in [0.2, 0.25) is 0 Å². The van der Waals surface area contributed by atoms with Crippen LogP contribution in [0.2, 0.25) is 0 Å². The molecule has 240 valence electrons. The maximum absolute atomic E-state index is 14.0. The Morgan fingerprint density at radius 2 is 1.72 bits per heavy atom. The number of cyclic esters (lactones) is 1. The SMILES string of the molecule is CC(C)=CC=CC1(C)OC(=O)C23CCC4C(=CCC5C(C)(C)C(OC6OCC(O)C(O)C6O)CCC45C)C2(C)CCC13O. The van der Waals surface area contributed by atoms with Crippen molar-refractivity contribution in [1.82, 2.24) is 0 Å². The highest BCUT2D eigenvalue weighted by Crippen LogP contribution is 2.77. The van der Waals surface area contributed by atoms with Crippen LogP contribution in [0.3, 0.4) is 0 Å². The highest BCUT2D eigenvalue weighted by atomic mass is 16.7. The minimum Gasteiger partial charge on any atom is -0.451 e. The molecule has 0 aromatic carbocycles. The van der Waals surface area contributed by atoms with Crippen molar-refractivity contribution in [1.29, 1.82) is 0 Å². The van der Waals surface area contributed by atoms with E-state index in [0.717, 1.165) is 37.7 Å². The number of carbonyl (C=O) groups excluding carboxylic acids is 1. The summed E-state index contributed by atoms with van der Waals surface area (Å²) in [4.78, 5) is 14.0. The van der Waals surface area contributed by atoms with Crippen LogP contribution in [0.25, 0.3) is 0 Å². The van der Waals surface area contributed by atoms with Gasteiger partial charge in [-0.15, -0.1) is 0 Å². The molecule has 0 radical (unpaired) electrons. The van der Waals surface area contributed by atoms with E-state index < -0.39 is 46.6 Å². The van der Waals surface area contributed by atoms with Gasteiger partial charge in [0.25, 0.3) is 0 Å². The van der Waals surface area contributed by atoms with Crippen LogP contribution in [-0.4, -0.2) is 74.9 Å². The molecule has 6 rings (SSSR count). The number of rotatable bonds is 4. The van der Waals surface area contributed by atoms with Crippen molar-refractivity contribution in [2.75, 3.05) is 6.61 Å². The van der Waals surface area contributed by atoms with Crippen molar-refractivity contribution in [3.05, 3.63) is 35.5 Å². The zero-order valence-electron chi connectivity index (χ0n) is 26.9. The van der Waals surface area contributed by atoms with Gasteiger partial charge in [0.15, 0.2) is 11.9 Å². The molecule has 12 atom stereocenters. The van der Waals surface area contributed by atoms with Gasteiger partial charge in [-0.1, -0.05) is 57.1 Å². The van der Waals surface area contributed by atoms with Crippen LogP contribution in [0.4, 0.5) is 0 Å². The molecule has 2 saturated heterocycles. The average molecular weight is 601 g/mol. The normalized spacial score (nSPS) is 52.0. The summed E-state index contributed by atoms with van der Waals surface area (Å²) in [6.07, 6.45) is 8.43. The van der Waals surface area contributed by atoms with Gasteiger partial charge in [-0.05, 0) is 94.5 Å². The van der Waals surface area contributed by atoms with Crippen LogP contribution in [-0.2, 0) is 19.0 Å². The second kappa shape index (κ2) is 9.97. The molecule has 4 aliphatic carbocycles. The third-order valence-corrected chi connectivity index (χ3v) is 13.4. The van der Waals surface area contributed by atoms with Crippen LogP contribution in [0.15, 0.2) is 35.5 Å². The highest BCUT2D eigenvalue weighted by molar-refractivity contribution is 5.86. The lowest BCUT2D eigenvalue weighted by Gasteiger charge is -2.64. The number of allylic oxidation sites excluding steroid dienone is 5. The first-order valence-corrected chi connectivity index (χ1v) is 16.3. The van der Waals surface area contributed by atoms with Gasteiger partial charge in [0.05, 0.1) is 12.7 Å². The van der Waals surface area contributed by atoms with E-state index in [0.29, 0.717) is 12.8 Å². The third kappa shape index (κ3) is 3.99. The summed E-state index contributed by atoms with van der Waals surface area (Å²) < 4.78 is 18.2. The molecule has 2 aliphatic heterocycles. The second-order valence-corrected chi connectivity index (χ2v) is 16.0. The standard InChI is InChI=1S/C35H52O8/c1-20(2)9-8-14-33(7)35(40)18-17-32(6)22-10-11-24-30(3,4)25(42-28-27(38)26(37)23(36)19-41-28)13-15-31(24,5)21(22)12-16-34(32,35)29(39)43-33/h8-10,14,21,23-28,36-38,40H,11-13,15-19H2,1-7H3. The van der Waals surface area contributed by atoms with E-state index in [2.05, 4.69) is 33.8 Å². The minimum absolute atomic E-state index is 0.0321. The summed E-state index contributed by atoms with van der Waals surface area (Å²) in [5.41, 5.74) is -1.68. The molecule has 12 unspecified atom stereocenters. The maximum Gasteiger partial charge on any atom is 0.317 e. The third-order valence-electron chi connectivity index (χ3n) is 13.4. The zero-order valence-corrected chi connectivity index (χ0v) is 26.9. The highest BCUT2D eigenvalue weighted by Gasteiger charge is 2.82.